The van der Waals surface area contributed by atoms with Crippen LogP contribution in [-0.2, 0) is 6.42 Å². The number of aliphatic hydroxyl groups is 1. The van der Waals surface area contributed by atoms with Crippen molar-refractivity contribution in [3.8, 4) is 0 Å². The van der Waals surface area contributed by atoms with Crippen LogP contribution in [0.5, 0.6) is 0 Å². The van der Waals surface area contributed by atoms with Crippen LogP contribution in [0.4, 0.5) is 22.7 Å². The maximum atomic E-state index is 13.1. The number of nitrogens with one attached hydrogen (secondary N) is 3. The van der Waals surface area contributed by atoms with Crippen LogP contribution in [0.1, 0.15) is 22.8 Å². The molecule has 9 nitrogen and oxygen atoms in total. The van der Waals surface area contributed by atoms with E-state index in [9.17, 15) is 14.7 Å². The van der Waals surface area contributed by atoms with E-state index in [1.807, 2.05) is 24.3 Å². The average molecular weight is 463 g/mol. The van der Waals surface area contributed by atoms with E-state index in [1.165, 1.54) is 6.20 Å². The molecule has 3 heterocycles. The molecule has 0 bridgehead atoms. The van der Waals surface area contributed by atoms with E-state index >= 15 is 0 Å². The molecule has 1 aromatic carbocycles. The third-order valence-electron chi connectivity index (χ3n) is 5.88. The number of aliphatic hydroxyl groups excluding tert-OH is 1. The summed E-state index contributed by atoms with van der Waals surface area (Å²) in [6, 6.07) is 11.1. The van der Waals surface area contributed by atoms with Crippen LogP contribution in [0.25, 0.3) is 0 Å². The number of amides is 1. The van der Waals surface area contributed by atoms with Crippen molar-refractivity contribution in [3.05, 3.63) is 76.5 Å². The Labute approximate surface area is 198 Å². The van der Waals surface area contributed by atoms with Gasteiger partial charge in [-0.1, -0.05) is 0 Å². The minimum absolute atomic E-state index is 0.0301. The normalized spacial score (nSPS) is 15.1. The van der Waals surface area contributed by atoms with Gasteiger partial charge in [-0.15, -0.1) is 0 Å². The molecule has 0 radical (unpaired) electrons. The van der Waals surface area contributed by atoms with Crippen molar-refractivity contribution in [2.24, 2.45) is 0 Å². The van der Waals surface area contributed by atoms with Crippen LogP contribution in [-0.4, -0.2) is 65.2 Å². The van der Waals surface area contributed by atoms with E-state index in [-0.39, 0.29) is 5.56 Å². The molecule has 1 aliphatic heterocycles. The number of benzene rings is 1. The Kier molecular flexibility index (Phi) is 7.24. The minimum atomic E-state index is -0.543. The number of rotatable bonds is 7. The van der Waals surface area contributed by atoms with Gasteiger partial charge < -0.3 is 30.5 Å². The van der Waals surface area contributed by atoms with Crippen LogP contribution in [0, 0.1) is 0 Å². The van der Waals surface area contributed by atoms with E-state index in [0.717, 1.165) is 37.4 Å². The maximum Gasteiger partial charge on any atom is 0.263 e. The van der Waals surface area contributed by atoms with Crippen molar-refractivity contribution in [1.29, 1.82) is 0 Å². The lowest BCUT2D eigenvalue weighted by molar-refractivity contribution is 0.102. The molecule has 1 unspecified atom stereocenters. The quantitative estimate of drug-likeness (QED) is 0.427. The third-order valence-corrected chi connectivity index (χ3v) is 5.88. The van der Waals surface area contributed by atoms with Crippen LogP contribution in [0.15, 0.2) is 59.8 Å². The Hall–Kier alpha value is -3.69. The Morgan fingerprint density at radius 3 is 2.56 bits per heavy atom. The molecule has 2 aromatic heterocycles. The van der Waals surface area contributed by atoms with Crippen molar-refractivity contribution in [2.45, 2.75) is 19.4 Å². The number of anilines is 4. The first-order valence-corrected chi connectivity index (χ1v) is 11.4. The maximum absolute atomic E-state index is 13.1. The van der Waals surface area contributed by atoms with Gasteiger partial charge in [0.15, 0.2) is 0 Å². The lowest BCUT2D eigenvalue weighted by atomic mass is 10.1. The molecule has 4 rings (SSSR count). The van der Waals surface area contributed by atoms with E-state index in [2.05, 4.69) is 37.4 Å². The molecule has 1 saturated heterocycles. The highest BCUT2D eigenvalue weighted by atomic mass is 16.3. The summed E-state index contributed by atoms with van der Waals surface area (Å²) >= 11 is 0. The standard InChI is InChI=1S/C25H30N6O3/c1-17(32)15-18-7-9-26-16-22(18)29-21-8-10-27-24(33)23(21)25(34)28-19-3-5-20(6-4-19)31-13-11-30(2)12-14-31/h3-10,16-17,32H,11-15H2,1-2H3,(H,28,34)(H2,27,29,33). The fraction of sp³-hybridized carbons (Fsp3) is 0.320. The fourth-order valence-electron chi connectivity index (χ4n) is 4.00. The van der Waals surface area contributed by atoms with Gasteiger partial charge in [0.1, 0.15) is 5.56 Å². The first-order chi connectivity index (χ1) is 16.4. The number of aromatic amines is 1. The monoisotopic (exact) mass is 462 g/mol. The lowest BCUT2D eigenvalue weighted by Crippen LogP contribution is -2.44. The number of hydrogen-bond acceptors (Lipinski definition) is 7. The number of hydrogen-bond donors (Lipinski definition) is 4. The number of carbonyl (C=O) groups is 1. The highest BCUT2D eigenvalue weighted by molar-refractivity contribution is 6.08. The Balaban J connectivity index is 1.52. The molecule has 9 heteroatoms. The zero-order chi connectivity index (χ0) is 24.1. The fourth-order valence-corrected chi connectivity index (χ4v) is 4.00. The molecular formula is C25H30N6O3. The van der Waals surface area contributed by atoms with Gasteiger partial charge in [-0.25, -0.2) is 0 Å². The summed E-state index contributed by atoms with van der Waals surface area (Å²) in [5.41, 5.74) is 2.99. The van der Waals surface area contributed by atoms with Gasteiger partial charge in [0.05, 0.1) is 23.7 Å². The molecule has 1 atom stereocenters. The molecule has 1 amide bonds. The minimum Gasteiger partial charge on any atom is -0.393 e. The summed E-state index contributed by atoms with van der Waals surface area (Å²) in [4.78, 5) is 37.0. The van der Waals surface area contributed by atoms with E-state index in [1.54, 1.807) is 31.5 Å². The van der Waals surface area contributed by atoms with E-state index in [0.29, 0.717) is 23.5 Å². The second kappa shape index (κ2) is 10.5. The summed E-state index contributed by atoms with van der Waals surface area (Å²) < 4.78 is 0. The highest BCUT2D eigenvalue weighted by Gasteiger charge is 2.19. The van der Waals surface area contributed by atoms with Crippen LogP contribution >= 0.6 is 0 Å². The number of aromatic nitrogens is 2. The molecule has 0 spiro atoms. The Morgan fingerprint density at radius 2 is 1.85 bits per heavy atom. The average Bonchev–Trinajstić information content (AvgIpc) is 2.81. The molecule has 0 saturated carbocycles. The zero-order valence-electron chi connectivity index (χ0n) is 19.4. The summed E-state index contributed by atoms with van der Waals surface area (Å²) in [5, 5.41) is 15.8. The molecule has 3 aromatic rings. The molecule has 1 fully saturated rings. The van der Waals surface area contributed by atoms with Crippen LogP contribution < -0.4 is 21.1 Å². The van der Waals surface area contributed by atoms with Crippen molar-refractivity contribution >= 4 is 28.7 Å². The number of pyridine rings is 2. The van der Waals surface area contributed by atoms with Gasteiger partial charge in [-0.05, 0) is 55.9 Å². The molecule has 178 valence electrons. The first-order valence-electron chi connectivity index (χ1n) is 11.4. The number of likely N-dealkylation sites (N-methyl/N-ethyl adjacent to an activating group) is 1. The van der Waals surface area contributed by atoms with Gasteiger partial charge in [-0.2, -0.15) is 0 Å². The van der Waals surface area contributed by atoms with E-state index in [4.69, 9.17) is 0 Å². The number of piperazine rings is 1. The predicted octanol–water partition coefficient (Wildman–Crippen LogP) is 2.44. The highest BCUT2D eigenvalue weighted by Crippen LogP contribution is 2.24. The second-order valence-corrected chi connectivity index (χ2v) is 8.60. The van der Waals surface area contributed by atoms with Gasteiger partial charge >= 0.3 is 0 Å². The Morgan fingerprint density at radius 1 is 1.12 bits per heavy atom. The van der Waals surface area contributed by atoms with Gasteiger partial charge in [0.2, 0.25) is 0 Å². The molecule has 1 aliphatic rings. The van der Waals surface area contributed by atoms with Crippen LogP contribution in [0.3, 0.4) is 0 Å². The van der Waals surface area contributed by atoms with Crippen molar-refractivity contribution in [3.63, 3.8) is 0 Å². The van der Waals surface area contributed by atoms with E-state index < -0.39 is 17.6 Å². The Bertz CT molecular complexity index is 1180. The third kappa shape index (κ3) is 5.62. The summed E-state index contributed by atoms with van der Waals surface area (Å²) in [7, 11) is 2.12. The van der Waals surface area contributed by atoms with Crippen molar-refractivity contribution < 1.29 is 9.90 Å². The molecule has 4 N–H and O–H groups in total. The van der Waals surface area contributed by atoms with Gasteiger partial charge in [0, 0.05) is 56.4 Å². The number of H-pyrrole nitrogens is 1. The number of carbonyl (C=O) groups excluding carboxylic acids is 1. The second-order valence-electron chi connectivity index (χ2n) is 8.60. The molecule has 34 heavy (non-hydrogen) atoms. The molecule has 0 aliphatic carbocycles. The summed E-state index contributed by atoms with van der Waals surface area (Å²) in [6.07, 6.45) is 4.60. The van der Waals surface area contributed by atoms with Gasteiger partial charge in [0.25, 0.3) is 11.5 Å². The van der Waals surface area contributed by atoms with Crippen molar-refractivity contribution in [2.75, 3.05) is 48.8 Å². The number of nitrogens with zero attached hydrogens (tertiary/aromatic N) is 3. The SMILES string of the molecule is CC(O)Cc1ccncc1Nc1cc[nH]c(=O)c1C(=O)Nc1ccc(N2CCN(C)CC2)cc1. The largest absolute Gasteiger partial charge is 0.393 e. The predicted molar refractivity (Wildman–Crippen MR) is 134 cm³/mol. The summed E-state index contributed by atoms with van der Waals surface area (Å²) in [6.45, 7) is 5.65. The first kappa shape index (κ1) is 23.5. The molecular weight excluding hydrogens is 432 g/mol. The van der Waals surface area contributed by atoms with Gasteiger partial charge in [-0.3, -0.25) is 14.6 Å². The lowest BCUT2D eigenvalue weighted by Gasteiger charge is -2.34. The smallest absolute Gasteiger partial charge is 0.263 e. The van der Waals surface area contributed by atoms with Crippen molar-refractivity contribution in [1.82, 2.24) is 14.9 Å². The zero-order valence-corrected chi connectivity index (χ0v) is 19.4. The topological polar surface area (TPSA) is 114 Å². The summed E-state index contributed by atoms with van der Waals surface area (Å²) in [5.74, 6) is -0.516. The van der Waals surface area contributed by atoms with Crippen LogP contribution in [0.2, 0.25) is 0 Å².